The Hall–Kier alpha value is -1.33. The summed E-state index contributed by atoms with van der Waals surface area (Å²) in [4.78, 5) is 9.10. The van der Waals surface area contributed by atoms with Crippen molar-refractivity contribution in [3.8, 4) is 5.88 Å². The van der Waals surface area contributed by atoms with Gasteiger partial charge in [-0.1, -0.05) is 0 Å². The molecule has 0 N–H and O–H groups in total. The van der Waals surface area contributed by atoms with Gasteiger partial charge in [-0.2, -0.15) is 4.98 Å². The van der Waals surface area contributed by atoms with Gasteiger partial charge in [-0.25, -0.2) is 4.98 Å². The standard InChI is InChI=1S/C14H20ClN3O2/c1-9(15)12-16-10-6-7-11(20-5)17-13(10)18(12)14(2,3)8-19-4/h6-7,9H,8H2,1-5H3. The summed E-state index contributed by atoms with van der Waals surface area (Å²) >= 11 is 6.28. The minimum Gasteiger partial charge on any atom is -0.481 e. The van der Waals surface area contributed by atoms with E-state index in [4.69, 9.17) is 21.1 Å². The van der Waals surface area contributed by atoms with Crippen LogP contribution in [0.5, 0.6) is 5.88 Å². The van der Waals surface area contributed by atoms with E-state index < -0.39 is 0 Å². The Kier molecular flexibility index (Phi) is 4.20. The van der Waals surface area contributed by atoms with Gasteiger partial charge < -0.3 is 14.0 Å². The van der Waals surface area contributed by atoms with Crippen LogP contribution in [-0.4, -0.2) is 35.4 Å². The van der Waals surface area contributed by atoms with Crippen LogP contribution >= 0.6 is 11.6 Å². The highest BCUT2D eigenvalue weighted by Gasteiger charge is 2.28. The van der Waals surface area contributed by atoms with E-state index in [1.807, 2.05) is 17.6 Å². The SMILES string of the molecule is COCC(C)(C)n1c(C(C)Cl)nc2ccc(OC)nc21. The van der Waals surface area contributed by atoms with Crippen molar-refractivity contribution in [2.75, 3.05) is 20.8 Å². The number of alkyl halides is 1. The van der Waals surface area contributed by atoms with Gasteiger partial charge in [-0.3, -0.25) is 0 Å². The fourth-order valence-electron chi connectivity index (χ4n) is 2.35. The molecule has 0 bridgehead atoms. The number of aromatic nitrogens is 3. The summed E-state index contributed by atoms with van der Waals surface area (Å²) in [5.41, 5.74) is 1.26. The molecular weight excluding hydrogens is 278 g/mol. The molecule has 1 atom stereocenters. The molecule has 0 aliphatic carbocycles. The lowest BCUT2D eigenvalue weighted by atomic mass is 10.1. The molecule has 0 amide bonds. The van der Waals surface area contributed by atoms with Gasteiger partial charge in [-0.15, -0.1) is 11.6 Å². The maximum atomic E-state index is 6.28. The minimum absolute atomic E-state index is 0.216. The van der Waals surface area contributed by atoms with Crippen LogP contribution < -0.4 is 4.74 Å². The van der Waals surface area contributed by atoms with Crippen molar-refractivity contribution in [2.24, 2.45) is 0 Å². The molecule has 2 heterocycles. The summed E-state index contributed by atoms with van der Waals surface area (Å²) in [6, 6.07) is 3.69. The number of nitrogens with zero attached hydrogens (tertiary/aromatic N) is 3. The Morgan fingerprint density at radius 1 is 1.30 bits per heavy atom. The van der Waals surface area contributed by atoms with E-state index >= 15 is 0 Å². The quantitative estimate of drug-likeness (QED) is 0.796. The molecule has 0 saturated heterocycles. The van der Waals surface area contributed by atoms with Crippen LogP contribution in [-0.2, 0) is 10.3 Å². The zero-order valence-corrected chi connectivity index (χ0v) is 13.2. The third kappa shape index (κ3) is 2.60. The van der Waals surface area contributed by atoms with Crippen molar-refractivity contribution >= 4 is 22.8 Å². The van der Waals surface area contributed by atoms with E-state index in [-0.39, 0.29) is 10.9 Å². The molecule has 0 aliphatic rings. The Bertz CT molecular complexity index is 608. The first-order chi connectivity index (χ1) is 9.40. The Labute approximate surface area is 123 Å². The van der Waals surface area contributed by atoms with Crippen LogP contribution in [0.4, 0.5) is 0 Å². The lowest BCUT2D eigenvalue weighted by Crippen LogP contribution is -2.33. The molecule has 2 aromatic heterocycles. The number of halogens is 1. The number of ether oxygens (including phenoxy) is 2. The topological polar surface area (TPSA) is 49.2 Å². The number of hydrogen-bond acceptors (Lipinski definition) is 4. The van der Waals surface area contributed by atoms with Crippen molar-refractivity contribution in [2.45, 2.75) is 31.7 Å². The third-order valence-electron chi connectivity index (χ3n) is 3.17. The molecule has 20 heavy (non-hydrogen) atoms. The van der Waals surface area contributed by atoms with Gasteiger partial charge in [-0.05, 0) is 26.8 Å². The number of rotatable bonds is 5. The summed E-state index contributed by atoms with van der Waals surface area (Å²) in [6.07, 6.45) is 0. The minimum atomic E-state index is -0.304. The molecule has 110 valence electrons. The molecule has 0 aliphatic heterocycles. The molecule has 0 spiro atoms. The van der Waals surface area contributed by atoms with Crippen LogP contribution in [0.15, 0.2) is 12.1 Å². The Morgan fingerprint density at radius 2 is 2.00 bits per heavy atom. The van der Waals surface area contributed by atoms with Gasteiger partial charge in [0.2, 0.25) is 5.88 Å². The molecule has 0 fully saturated rings. The Morgan fingerprint density at radius 3 is 2.55 bits per heavy atom. The second-order valence-corrected chi connectivity index (χ2v) is 6.02. The number of imidazole rings is 1. The molecule has 2 rings (SSSR count). The highest BCUT2D eigenvalue weighted by atomic mass is 35.5. The van der Waals surface area contributed by atoms with Gasteiger partial charge in [0.25, 0.3) is 0 Å². The molecular formula is C14H20ClN3O2. The van der Waals surface area contributed by atoms with Crippen molar-refractivity contribution in [3.63, 3.8) is 0 Å². The molecule has 0 aromatic carbocycles. The van der Waals surface area contributed by atoms with Gasteiger partial charge >= 0.3 is 0 Å². The van der Waals surface area contributed by atoms with Gasteiger partial charge in [0.1, 0.15) is 11.3 Å². The zero-order chi connectivity index (χ0) is 14.9. The largest absolute Gasteiger partial charge is 0.481 e. The predicted molar refractivity (Wildman–Crippen MR) is 79.5 cm³/mol. The van der Waals surface area contributed by atoms with Crippen molar-refractivity contribution in [3.05, 3.63) is 18.0 Å². The maximum absolute atomic E-state index is 6.28. The van der Waals surface area contributed by atoms with E-state index in [1.165, 1.54) is 0 Å². The Balaban J connectivity index is 2.72. The number of methoxy groups -OCH3 is 2. The fraction of sp³-hybridized carbons (Fsp3) is 0.571. The molecule has 6 heteroatoms. The zero-order valence-electron chi connectivity index (χ0n) is 12.5. The first-order valence-electron chi connectivity index (χ1n) is 6.47. The smallest absolute Gasteiger partial charge is 0.215 e. The average Bonchev–Trinajstić information content (AvgIpc) is 2.77. The van der Waals surface area contributed by atoms with Crippen LogP contribution in [0.3, 0.4) is 0 Å². The lowest BCUT2D eigenvalue weighted by molar-refractivity contribution is 0.110. The summed E-state index contributed by atoms with van der Waals surface area (Å²) in [6.45, 7) is 6.58. The molecule has 1 unspecified atom stereocenters. The predicted octanol–water partition coefficient (Wildman–Crippen LogP) is 3.12. The summed E-state index contributed by atoms with van der Waals surface area (Å²) in [7, 11) is 3.28. The van der Waals surface area contributed by atoms with Gasteiger partial charge in [0, 0.05) is 13.2 Å². The first-order valence-corrected chi connectivity index (χ1v) is 6.91. The average molecular weight is 298 g/mol. The number of pyridine rings is 1. The normalized spacial score (nSPS) is 13.7. The van der Waals surface area contributed by atoms with E-state index in [1.54, 1.807) is 20.3 Å². The second-order valence-electron chi connectivity index (χ2n) is 5.36. The fourth-order valence-corrected chi connectivity index (χ4v) is 2.50. The van der Waals surface area contributed by atoms with Crippen molar-refractivity contribution < 1.29 is 9.47 Å². The van der Waals surface area contributed by atoms with Crippen LogP contribution in [0.25, 0.3) is 11.2 Å². The number of fused-ring (bicyclic) bond motifs is 1. The molecule has 2 aromatic rings. The monoisotopic (exact) mass is 297 g/mol. The van der Waals surface area contributed by atoms with Crippen LogP contribution in [0.1, 0.15) is 32.0 Å². The molecule has 5 nitrogen and oxygen atoms in total. The summed E-state index contributed by atoms with van der Waals surface area (Å²) in [5, 5.41) is -0.216. The van der Waals surface area contributed by atoms with Crippen molar-refractivity contribution in [1.29, 1.82) is 0 Å². The highest BCUT2D eigenvalue weighted by Crippen LogP contribution is 2.31. The molecule has 0 radical (unpaired) electrons. The maximum Gasteiger partial charge on any atom is 0.215 e. The second kappa shape index (κ2) is 5.58. The van der Waals surface area contributed by atoms with Gasteiger partial charge in [0.15, 0.2) is 5.65 Å². The van der Waals surface area contributed by atoms with E-state index in [0.29, 0.717) is 12.5 Å². The van der Waals surface area contributed by atoms with Crippen LogP contribution in [0, 0.1) is 0 Å². The highest BCUT2D eigenvalue weighted by molar-refractivity contribution is 6.20. The van der Waals surface area contributed by atoms with E-state index in [2.05, 4.69) is 23.8 Å². The summed E-state index contributed by atoms with van der Waals surface area (Å²) < 4.78 is 12.6. The lowest BCUT2D eigenvalue weighted by Gasteiger charge is -2.28. The summed E-state index contributed by atoms with van der Waals surface area (Å²) in [5.74, 6) is 1.34. The van der Waals surface area contributed by atoms with E-state index in [9.17, 15) is 0 Å². The first kappa shape index (κ1) is 15.1. The van der Waals surface area contributed by atoms with Crippen molar-refractivity contribution in [1.82, 2.24) is 14.5 Å². The van der Waals surface area contributed by atoms with Crippen LogP contribution in [0.2, 0.25) is 0 Å². The van der Waals surface area contributed by atoms with Gasteiger partial charge in [0.05, 0.1) is 24.6 Å². The molecule has 0 saturated carbocycles. The number of hydrogen-bond donors (Lipinski definition) is 0. The van der Waals surface area contributed by atoms with E-state index in [0.717, 1.165) is 17.0 Å². The third-order valence-corrected chi connectivity index (χ3v) is 3.37.